The van der Waals surface area contributed by atoms with Crippen molar-refractivity contribution in [2.24, 2.45) is 12.8 Å². The van der Waals surface area contributed by atoms with Crippen molar-refractivity contribution < 1.29 is 0 Å². The van der Waals surface area contributed by atoms with Crippen molar-refractivity contribution in [1.82, 2.24) is 14.5 Å². The molecule has 1 unspecified atom stereocenters. The minimum Gasteiger partial charge on any atom is -0.354 e. The lowest BCUT2D eigenvalue weighted by Gasteiger charge is -2.07. The molecule has 15 heavy (non-hydrogen) atoms. The third-order valence-corrected chi connectivity index (χ3v) is 2.27. The van der Waals surface area contributed by atoms with Gasteiger partial charge in [-0.15, -0.1) is 0 Å². The van der Waals surface area contributed by atoms with Gasteiger partial charge in [0.15, 0.2) is 0 Å². The SMILES string of the molecule is CC(N)CNc1nc2ccncc2n1C. The monoisotopic (exact) mass is 205 g/mol. The second kappa shape index (κ2) is 3.86. The molecule has 5 heteroatoms. The zero-order chi connectivity index (χ0) is 10.8. The molecular weight excluding hydrogens is 190 g/mol. The molecule has 5 nitrogen and oxygen atoms in total. The van der Waals surface area contributed by atoms with Gasteiger partial charge in [-0.05, 0) is 13.0 Å². The highest BCUT2D eigenvalue weighted by Crippen LogP contribution is 2.15. The molecule has 0 amide bonds. The molecule has 0 saturated carbocycles. The maximum atomic E-state index is 5.67. The molecule has 0 aliphatic rings. The number of hydrogen-bond acceptors (Lipinski definition) is 4. The second-order valence-corrected chi connectivity index (χ2v) is 3.72. The molecule has 0 fully saturated rings. The summed E-state index contributed by atoms with van der Waals surface area (Å²) in [5.41, 5.74) is 7.64. The van der Waals surface area contributed by atoms with Crippen LogP contribution in [0.1, 0.15) is 6.92 Å². The molecule has 80 valence electrons. The standard InChI is InChI=1S/C10H15N5/c1-7(11)5-13-10-14-8-3-4-12-6-9(8)15(10)2/h3-4,6-7H,5,11H2,1-2H3,(H,13,14). The number of nitrogens with one attached hydrogen (secondary N) is 1. The largest absolute Gasteiger partial charge is 0.354 e. The first-order valence-electron chi connectivity index (χ1n) is 4.94. The van der Waals surface area contributed by atoms with Gasteiger partial charge in [-0.2, -0.15) is 0 Å². The van der Waals surface area contributed by atoms with Gasteiger partial charge in [-0.25, -0.2) is 4.98 Å². The maximum Gasteiger partial charge on any atom is 0.203 e. The molecular formula is C10H15N5. The maximum absolute atomic E-state index is 5.67. The quantitative estimate of drug-likeness (QED) is 0.775. The number of imidazole rings is 1. The summed E-state index contributed by atoms with van der Waals surface area (Å²) >= 11 is 0. The van der Waals surface area contributed by atoms with Crippen molar-refractivity contribution in [2.75, 3.05) is 11.9 Å². The van der Waals surface area contributed by atoms with Gasteiger partial charge in [0.1, 0.15) is 0 Å². The zero-order valence-corrected chi connectivity index (χ0v) is 8.94. The number of fused-ring (bicyclic) bond motifs is 1. The van der Waals surface area contributed by atoms with E-state index in [0.717, 1.165) is 17.0 Å². The van der Waals surface area contributed by atoms with Crippen LogP contribution in [-0.2, 0) is 7.05 Å². The number of rotatable bonds is 3. The predicted molar refractivity (Wildman–Crippen MR) is 60.6 cm³/mol. The average Bonchev–Trinajstić information content (AvgIpc) is 2.54. The Kier molecular flexibility index (Phi) is 2.55. The Morgan fingerprint density at radius 1 is 1.60 bits per heavy atom. The minimum atomic E-state index is 0.114. The van der Waals surface area contributed by atoms with Gasteiger partial charge in [0, 0.05) is 25.8 Å². The molecule has 2 aromatic heterocycles. The molecule has 0 aromatic carbocycles. The van der Waals surface area contributed by atoms with Crippen molar-refractivity contribution >= 4 is 17.0 Å². The smallest absolute Gasteiger partial charge is 0.203 e. The third kappa shape index (κ3) is 1.92. The highest BCUT2D eigenvalue weighted by atomic mass is 15.2. The fourth-order valence-electron chi connectivity index (χ4n) is 1.45. The van der Waals surface area contributed by atoms with E-state index in [0.29, 0.717) is 6.54 Å². The lowest BCUT2D eigenvalue weighted by molar-refractivity contribution is 0.767. The predicted octanol–water partition coefficient (Wildman–Crippen LogP) is 0.727. The second-order valence-electron chi connectivity index (χ2n) is 3.72. The van der Waals surface area contributed by atoms with E-state index in [2.05, 4.69) is 15.3 Å². The van der Waals surface area contributed by atoms with Crippen LogP contribution in [-0.4, -0.2) is 27.1 Å². The molecule has 0 spiro atoms. The fraction of sp³-hybridized carbons (Fsp3) is 0.400. The van der Waals surface area contributed by atoms with E-state index in [1.807, 2.05) is 24.6 Å². The molecule has 0 aliphatic heterocycles. The van der Waals surface area contributed by atoms with Gasteiger partial charge < -0.3 is 15.6 Å². The van der Waals surface area contributed by atoms with Crippen LogP contribution in [0.5, 0.6) is 0 Å². The lowest BCUT2D eigenvalue weighted by Crippen LogP contribution is -2.26. The Balaban J connectivity index is 2.32. The summed E-state index contributed by atoms with van der Waals surface area (Å²) in [7, 11) is 1.96. The van der Waals surface area contributed by atoms with E-state index in [4.69, 9.17) is 5.73 Å². The molecule has 2 rings (SSSR count). The summed E-state index contributed by atoms with van der Waals surface area (Å²) in [6.07, 6.45) is 3.55. The lowest BCUT2D eigenvalue weighted by atomic mass is 10.4. The van der Waals surface area contributed by atoms with Crippen molar-refractivity contribution in [3.8, 4) is 0 Å². The summed E-state index contributed by atoms with van der Waals surface area (Å²) in [5, 5.41) is 3.20. The van der Waals surface area contributed by atoms with Gasteiger partial charge in [0.25, 0.3) is 0 Å². The topological polar surface area (TPSA) is 68.8 Å². The van der Waals surface area contributed by atoms with E-state index in [1.54, 1.807) is 12.4 Å². The minimum absolute atomic E-state index is 0.114. The summed E-state index contributed by atoms with van der Waals surface area (Å²) < 4.78 is 1.98. The number of aryl methyl sites for hydroxylation is 1. The van der Waals surface area contributed by atoms with Crippen LogP contribution in [0.3, 0.4) is 0 Å². The Morgan fingerprint density at radius 3 is 3.07 bits per heavy atom. The number of anilines is 1. The molecule has 2 heterocycles. The van der Waals surface area contributed by atoms with E-state index < -0.39 is 0 Å². The Hall–Kier alpha value is -1.62. The van der Waals surface area contributed by atoms with Crippen LogP contribution in [0.15, 0.2) is 18.5 Å². The highest BCUT2D eigenvalue weighted by Gasteiger charge is 2.06. The van der Waals surface area contributed by atoms with Gasteiger partial charge in [-0.3, -0.25) is 4.98 Å². The zero-order valence-electron chi connectivity index (χ0n) is 8.94. The number of hydrogen-bond donors (Lipinski definition) is 2. The first kappa shape index (κ1) is 9.92. The normalized spacial score (nSPS) is 13.0. The van der Waals surface area contributed by atoms with E-state index >= 15 is 0 Å². The molecule has 0 aliphatic carbocycles. The molecule has 0 saturated heterocycles. The first-order chi connectivity index (χ1) is 7.18. The van der Waals surface area contributed by atoms with Crippen molar-refractivity contribution in [3.05, 3.63) is 18.5 Å². The van der Waals surface area contributed by atoms with Gasteiger partial charge in [-0.1, -0.05) is 0 Å². The van der Waals surface area contributed by atoms with Crippen LogP contribution in [0.25, 0.3) is 11.0 Å². The van der Waals surface area contributed by atoms with Crippen LogP contribution in [0, 0.1) is 0 Å². The Bertz CT molecular complexity index is 460. The van der Waals surface area contributed by atoms with Crippen LogP contribution >= 0.6 is 0 Å². The summed E-state index contributed by atoms with van der Waals surface area (Å²) in [6.45, 7) is 2.67. The van der Waals surface area contributed by atoms with Gasteiger partial charge in [0.2, 0.25) is 5.95 Å². The summed E-state index contributed by atoms with van der Waals surface area (Å²) in [5.74, 6) is 0.829. The van der Waals surface area contributed by atoms with E-state index in [1.165, 1.54) is 0 Å². The molecule has 0 radical (unpaired) electrons. The van der Waals surface area contributed by atoms with Crippen molar-refractivity contribution in [2.45, 2.75) is 13.0 Å². The third-order valence-electron chi connectivity index (χ3n) is 2.27. The highest BCUT2D eigenvalue weighted by molar-refractivity contribution is 5.77. The van der Waals surface area contributed by atoms with Gasteiger partial charge >= 0.3 is 0 Å². The van der Waals surface area contributed by atoms with E-state index in [9.17, 15) is 0 Å². The summed E-state index contributed by atoms with van der Waals surface area (Å²) in [6, 6.07) is 2.01. The Labute approximate surface area is 88.3 Å². The van der Waals surface area contributed by atoms with Crippen molar-refractivity contribution in [1.29, 1.82) is 0 Å². The first-order valence-corrected chi connectivity index (χ1v) is 4.94. The number of nitrogens with zero attached hydrogens (tertiary/aromatic N) is 3. The van der Waals surface area contributed by atoms with E-state index in [-0.39, 0.29) is 6.04 Å². The summed E-state index contributed by atoms with van der Waals surface area (Å²) in [4.78, 5) is 8.51. The molecule has 3 N–H and O–H groups in total. The van der Waals surface area contributed by atoms with Crippen LogP contribution < -0.4 is 11.1 Å². The molecule has 1 atom stereocenters. The fourth-order valence-corrected chi connectivity index (χ4v) is 1.45. The van der Waals surface area contributed by atoms with Crippen LogP contribution in [0.2, 0.25) is 0 Å². The van der Waals surface area contributed by atoms with Crippen LogP contribution in [0.4, 0.5) is 5.95 Å². The molecule has 0 bridgehead atoms. The number of pyridine rings is 1. The van der Waals surface area contributed by atoms with Gasteiger partial charge in [0.05, 0.1) is 17.2 Å². The number of aromatic nitrogens is 3. The van der Waals surface area contributed by atoms with Crippen molar-refractivity contribution in [3.63, 3.8) is 0 Å². The number of nitrogens with two attached hydrogens (primary N) is 1. The Morgan fingerprint density at radius 2 is 2.40 bits per heavy atom. The average molecular weight is 205 g/mol. The molecule has 2 aromatic rings.